The Morgan fingerprint density at radius 3 is 2.41 bits per heavy atom. The summed E-state index contributed by atoms with van der Waals surface area (Å²) in [5.74, 6) is 0. The molecule has 5 nitrogen and oxygen atoms in total. The fraction of sp³-hybridized carbons (Fsp3) is 0.455. The number of non-ortho nitro benzene ring substituents is 1. The van der Waals surface area contributed by atoms with Gasteiger partial charge in [0.25, 0.3) is 5.69 Å². The standard InChI is InChI=1S/C11H14N2O3S/c12-10-2-1-3-11(10)17(16)9-6-4-8(5-7-9)13(14)15/h4-7,10-11H,1-3,12H2. The van der Waals surface area contributed by atoms with Crippen LogP contribution in [0, 0.1) is 10.1 Å². The zero-order valence-electron chi connectivity index (χ0n) is 9.24. The third-order valence-electron chi connectivity index (χ3n) is 3.06. The Bertz CT molecular complexity index is 447. The summed E-state index contributed by atoms with van der Waals surface area (Å²) in [6.07, 6.45) is 2.78. The van der Waals surface area contributed by atoms with Gasteiger partial charge in [0, 0.05) is 23.1 Å². The third kappa shape index (κ3) is 2.53. The number of hydrogen-bond acceptors (Lipinski definition) is 4. The molecule has 0 amide bonds. The van der Waals surface area contributed by atoms with Crippen molar-refractivity contribution in [1.82, 2.24) is 0 Å². The molecule has 0 saturated heterocycles. The monoisotopic (exact) mass is 254 g/mol. The lowest BCUT2D eigenvalue weighted by molar-refractivity contribution is -0.384. The van der Waals surface area contributed by atoms with Crippen LogP contribution in [-0.2, 0) is 10.8 Å². The number of nitro groups is 1. The molecule has 3 atom stereocenters. The van der Waals surface area contributed by atoms with Crippen LogP contribution in [-0.4, -0.2) is 20.4 Å². The van der Waals surface area contributed by atoms with Crippen LogP contribution in [0.3, 0.4) is 0 Å². The van der Waals surface area contributed by atoms with Gasteiger partial charge < -0.3 is 5.73 Å². The molecular formula is C11H14N2O3S. The molecule has 3 unspecified atom stereocenters. The number of rotatable bonds is 3. The maximum absolute atomic E-state index is 12.2. The van der Waals surface area contributed by atoms with E-state index in [1.54, 1.807) is 12.1 Å². The first-order chi connectivity index (χ1) is 8.09. The topological polar surface area (TPSA) is 86.2 Å². The van der Waals surface area contributed by atoms with E-state index in [1.165, 1.54) is 12.1 Å². The maximum Gasteiger partial charge on any atom is 0.269 e. The van der Waals surface area contributed by atoms with Gasteiger partial charge in [-0.05, 0) is 25.0 Å². The van der Waals surface area contributed by atoms with E-state index >= 15 is 0 Å². The number of nitro benzene ring substituents is 1. The van der Waals surface area contributed by atoms with Gasteiger partial charge in [-0.2, -0.15) is 0 Å². The Balaban J connectivity index is 2.17. The second kappa shape index (κ2) is 4.93. The zero-order chi connectivity index (χ0) is 12.4. The number of nitrogens with zero attached hydrogens (tertiary/aromatic N) is 1. The highest BCUT2D eigenvalue weighted by atomic mass is 32.2. The Morgan fingerprint density at radius 2 is 1.94 bits per heavy atom. The quantitative estimate of drug-likeness (QED) is 0.655. The lowest BCUT2D eigenvalue weighted by atomic mass is 10.3. The zero-order valence-corrected chi connectivity index (χ0v) is 10.1. The van der Waals surface area contributed by atoms with Gasteiger partial charge in [0.1, 0.15) is 0 Å². The van der Waals surface area contributed by atoms with E-state index < -0.39 is 15.7 Å². The van der Waals surface area contributed by atoms with Crippen LogP contribution in [0.2, 0.25) is 0 Å². The van der Waals surface area contributed by atoms with Crippen molar-refractivity contribution in [2.24, 2.45) is 5.73 Å². The Kier molecular flexibility index (Phi) is 3.54. The van der Waals surface area contributed by atoms with Gasteiger partial charge in [-0.1, -0.05) is 6.42 Å². The minimum Gasteiger partial charge on any atom is -0.327 e. The fourth-order valence-electron chi connectivity index (χ4n) is 2.10. The molecule has 6 heteroatoms. The minimum absolute atomic E-state index is 0.0153. The first kappa shape index (κ1) is 12.2. The van der Waals surface area contributed by atoms with E-state index in [0.29, 0.717) is 4.90 Å². The molecule has 1 aliphatic carbocycles. The summed E-state index contributed by atoms with van der Waals surface area (Å²) in [6.45, 7) is 0. The van der Waals surface area contributed by atoms with Gasteiger partial charge in [0.15, 0.2) is 0 Å². The highest BCUT2D eigenvalue weighted by Crippen LogP contribution is 2.26. The third-order valence-corrected chi connectivity index (χ3v) is 4.93. The highest BCUT2D eigenvalue weighted by Gasteiger charge is 2.30. The van der Waals surface area contributed by atoms with Crippen molar-refractivity contribution in [2.45, 2.75) is 35.4 Å². The SMILES string of the molecule is NC1CCCC1S(=O)c1ccc([N+](=O)[O-])cc1. The predicted octanol–water partition coefficient (Wildman–Crippen LogP) is 1.58. The average molecular weight is 254 g/mol. The van der Waals surface area contributed by atoms with E-state index in [-0.39, 0.29) is 17.0 Å². The summed E-state index contributed by atoms with van der Waals surface area (Å²) in [4.78, 5) is 10.7. The molecule has 0 heterocycles. The molecule has 1 saturated carbocycles. The molecule has 1 aromatic rings. The summed E-state index contributed by atoms with van der Waals surface area (Å²) in [5, 5.41) is 10.5. The summed E-state index contributed by atoms with van der Waals surface area (Å²) in [5.41, 5.74) is 5.91. The van der Waals surface area contributed by atoms with Gasteiger partial charge in [-0.3, -0.25) is 14.3 Å². The minimum atomic E-state index is -1.16. The molecule has 0 bridgehead atoms. The van der Waals surface area contributed by atoms with Crippen LogP contribution in [0.5, 0.6) is 0 Å². The second-order valence-electron chi connectivity index (χ2n) is 4.18. The number of benzene rings is 1. The molecule has 0 aromatic heterocycles. The van der Waals surface area contributed by atoms with Gasteiger partial charge in [0.05, 0.1) is 21.0 Å². The molecule has 17 heavy (non-hydrogen) atoms. The smallest absolute Gasteiger partial charge is 0.269 e. The van der Waals surface area contributed by atoms with E-state index in [1.807, 2.05) is 0 Å². The van der Waals surface area contributed by atoms with Crippen molar-refractivity contribution in [3.63, 3.8) is 0 Å². The molecule has 1 aromatic carbocycles. The number of nitrogens with two attached hydrogens (primary N) is 1. The summed E-state index contributed by atoms with van der Waals surface area (Å²) in [7, 11) is -1.16. The van der Waals surface area contributed by atoms with E-state index in [9.17, 15) is 14.3 Å². The lowest BCUT2D eigenvalue weighted by Gasteiger charge is -2.14. The summed E-state index contributed by atoms with van der Waals surface area (Å²) >= 11 is 0. The predicted molar refractivity (Wildman–Crippen MR) is 65.1 cm³/mol. The highest BCUT2D eigenvalue weighted by molar-refractivity contribution is 7.85. The fourth-order valence-corrected chi connectivity index (χ4v) is 3.69. The average Bonchev–Trinajstić information content (AvgIpc) is 2.74. The lowest BCUT2D eigenvalue weighted by Crippen LogP contribution is -2.32. The van der Waals surface area contributed by atoms with Crippen LogP contribution in [0.1, 0.15) is 19.3 Å². The molecule has 1 aliphatic rings. The molecule has 0 spiro atoms. The van der Waals surface area contributed by atoms with Crippen LogP contribution in [0.25, 0.3) is 0 Å². The molecular weight excluding hydrogens is 240 g/mol. The Morgan fingerprint density at radius 1 is 1.29 bits per heavy atom. The second-order valence-corrected chi connectivity index (χ2v) is 5.85. The summed E-state index contributed by atoms with van der Waals surface area (Å²) < 4.78 is 12.2. The summed E-state index contributed by atoms with van der Waals surface area (Å²) in [6, 6.07) is 5.85. The van der Waals surface area contributed by atoms with E-state index in [0.717, 1.165) is 19.3 Å². The van der Waals surface area contributed by atoms with Crippen molar-refractivity contribution < 1.29 is 9.13 Å². The molecule has 2 N–H and O–H groups in total. The van der Waals surface area contributed by atoms with Crippen molar-refractivity contribution in [3.05, 3.63) is 34.4 Å². The van der Waals surface area contributed by atoms with Gasteiger partial charge in [0.2, 0.25) is 0 Å². The molecule has 1 fully saturated rings. The van der Waals surface area contributed by atoms with E-state index in [2.05, 4.69) is 0 Å². The number of hydrogen-bond donors (Lipinski definition) is 1. The van der Waals surface area contributed by atoms with E-state index in [4.69, 9.17) is 5.73 Å². The molecule has 2 rings (SSSR count). The van der Waals surface area contributed by atoms with Gasteiger partial charge in [-0.15, -0.1) is 0 Å². The molecule has 0 radical (unpaired) electrons. The van der Waals surface area contributed by atoms with Crippen LogP contribution < -0.4 is 5.73 Å². The van der Waals surface area contributed by atoms with Gasteiger partial charge >= 0.3 is 0 Å². The van der Waals surface area contributed by atoms with Crippen molar-refractivity contribution in [1.29, 1.82) is 0 Å². The normalized spacial score (nSPS) is 25.7. The first-order valence-corrected chi connectivity index (χ1v) is 6.71. The Hall–Kier alpha value is -1.27. The van der Waals surface area contributed by atoms with Crippen LogP contribution in [0.15, 0.2) is 29.2 Å². The van der Waals surface area contributed by atoms with Crippen molar-refractivity contribution in [2.75, 3.05) is 0 Å². The van der Waals surface area contributed by atoms with Crippen LogP contribution in [0.4, 0.5) is 5.69 Å². The largest absolute Gasteiger partial charge is 0.327 e. The van der Waals surface area contributed by atoms with Crippen LogP contribution >= 0.6 is 0 Å². The first-order valence-electron chi connectivity index (χ1n) is 5.50. The van der Waals surface area contributed by atoms with Crippen molar-refractivity contribution >= 4 is 16.5 Å². The van der Waals surface area contributed by atoms with Gasteiger partial charge in [-0.25, -0.2) is 0 Å². The van der Waals surface area contributed by atoms with Crippen molar-refractivity contribution in [3.8, 4) is 0 Å². The molecule has 0 aliphatic heterocycles. The maximum atomic E-state index is 12.2. The molecule has 92 valence electrons. The Labute approximate surface area is 102 Å².